The molecule has 2 aromatic heterocycles. The second-order valence-electron chi connectivity index (χ2n) is 3.01. The number of fused-ring (bicyclic) bond motifs is 1. The van der Waals surface area contributed by atoms with Gasteiger partial charge >= 0.3 is 0 Å². The number of hydrogen-bond acceptors (Lipinski definition) is 3. The van der Waals surface area contributed by atoms with Crippen LogP contribution < -0.4 is 5.73 Å². The Kier molecular flexibility index (Phi) is 1.88. The lowest BCUT2D eigenvalue weighted by molar-refractivity contribution is 0.617. The van der Waals surface area contributed by atoms with Crippen LogP contribution in [0.25, 0.3) is 11.0 Å². The summed E-state index contributed by atoms with van der Waals surface area (Å²) in [6, 6.07) is 1.79. The van der Waals surface area contributed by atoms with Crippen LogP contribution in [0.5, 0.6) is 0 Å². The molecule has 2 heterocycles. The van der Waals surface area contributed by atoms with Gasteiger partial charge in [0.15, 0.2) is 5.65 Å². The van der Waals surface area contributed by atoms with Crippen molar-refractivity contribution in [3.63, 3.8) is 0 Å². The molecule has 0 aromatic carbocycles. The molecule has 0 saturated heterocycles. The molecule has 0 saturated carbocycles. The minimum atomic E-state index is 0.743. The van der Waals surface area contributed by atoms with E-state index in [2.05, 4.69) is 17.0 Å². The fourth-order valence-corrected chi connectivity index (χ4v) is 1.37. The van der Waals surface area contributed by atoms with E-state index in [-0.39, 0.29) is 0 Å². The first-order chi connectivity index (χ1) is 6.33. The Bertz CT molecular complexity index is 418. The van der Waals surface area contributed by atoms with Crippen LogP contribution in [0.3, 0.4) is 0 Å². The molecular weight excluding hydrogens is 164 g/mol. The third-order valence-corrected chi connectivity index (χ3v) is 2.01. The fraction of sp³-hybridized carbons (Fsp3) is 0.333. The molecule has 0 aliphatic rings. The lowest BCUT2D eigenvalue weighted by Crippen LogP contribution is -1.99. The minimum Gasteiger partial charge on any atom is -0.398 e. The molecular formula is C9H12N4. The van der Waals surface area contributed by atoms with E-state index in [4.69, 9.17) is 5.73 Å². The highest BCUT2D eigenvalue weighted by Gasteiger charge is 2.04. The summed E-state index contributed by atoms with van der Waals surface area (Å²) in [4.78, 5) is 4.24. The summed E-state index contributed by atoms with van der Waals surface area (Å²) in [6.07, 6.45) is 4.53. The largest absolute Gasteiger partial charge is 0.398 e. The van der Waals surface area contributed by atoms with E-state index in [0.29, 0.717) is 0 Å². The van der Waals surface area contributed by atoms with Crippen LogP contribution in [0.15, 0.2) is 18.5 Å². The molecule has 2 aromatic rings. The summed E-state index contributed by atoms with van der Waals surface area (Å²) in [5.41, 5.74) is 7.39. The maximum Gasteiger partial charge on any atom is 0.159 e. The Balaban J connectivity index is 2.61. The topological polar surface area (TPSA) is 56.7 Å². The zero-order chi connectivity index (χ0) is 9.26. The first kappa shape index (κ1) is 8.04. The number of aryl methyl sites for hydroxylation is 1. The minimum absolute atomic E-state index is 0.743. The van der Waals surface area contributed by atoms with Crippen molar-refractivity contribution in [1.82, 2.24) is 14.8 Å². The molecule has 0 atom stereocenters. The summed E-state index contributed by atoms with van der Waals surface area (Å²) in [7, 11) is 0. The number of pyridine rings is 1. The molecule has 2 rings (SSSR count). The monoisotopic (exact) mass is 176 g/mol. The van der Waals surface area contributed by atoms with Crippen molar-refractivity contribution in [2.24, 2.45) is 0 Å². The van der Waals surface area contributed by atoms with Gasteiger partial charge < -0.3 is 5.73 Å². The van der Waals surface area contributed by atoms with Crippen LogP contribution >= 0.6 is 0 Å². The van der Waals surface area contributed by atoms with Gasteiger partial charge in [-0.25, -0.2) is 9.67 Å². The summed E-state index contributed by atoms with van der Waals surface area (Å²) in [6.45, 7) is 3.00. The lowest BCUT2D eigenvalue weighted by Gasteiger charge is -1.99. The molecule has 4 heteroatoms. The number of aromatic nitrogens is 3. The van der Waals surface area contributed by atoms with Crippen molar-refractivity contribution in [3.8, 4) is 0 Å². The van der Waals surface area contributed by atoms with Gasteiger partial charge in [-0.2, -0.15) is 5.10 Å². The van der Waals surface area contributed by atoms with E-state index in [1.165, 1.54) is 0 Å². The van der Waals surface area contributed by atoms with Crippen molar-refractivity contribution in [2.75, 3.05) is 5.73 Å². The molecule has 0 bridgehead atoms. The first-order valence-electron chi connectivity index (χ1n) is 4.39. The van der Waals surface area contributed by atoms with Gasteiger partial charge in [0.05, 0.1) is 11.6 Å². The second kappa shape index (κ2) is 3.05. The van der Waals surface area contributed by atoms with Gasteiger partial charge in [0, 0.05) is 18.4 Å². The fourth-order valence-electron chi connectivity index (χ4n) is 1.37. The zero-order valence-electron chi connectivity index (χ0n) is 7.57. The van der Waals surface area contributed by atoms with Gasteiger partial charge in [-0.05, 0) is 12.5 Å². The molecule has 2 N–H and O–H groups in total. The van der Waals surface area contributed by atoms with Crippen LogP contribution in [-0.2, 0) is 6.54 Å². The average Bonchev–Trinajstić information content (AvgIpc) is 2.51. The summed E-state index contributed by atoms with van der Waals surface area (Å²) < 4.78 is 1.88. The third kappa shape index (κ3) is 1.24. The quantitative estimate of drug-likeness (QED) is 0.752. The molecule has 0 spiro atoms. The number of rotatable bonds is 2. The number of anilines is 1. The second-order valence-corrected chi connectivity index (χ2v) is 3.01. The Labute approximate surface area is 76.4 Å². The number of nitrogens with zero attached hydrogens (tertiary/aromatic N) is 3. The third-order valence-electron chi connectivity index (χ3n) is 2.01. The van der Waals surface area contributed by atoms with Crippen LogP contribution in [0.1, 0.15) is 13.3 Å². The molecule has 0 aliphatic carbocycles. The van der Waals surface area contributed by atoms with Gasteiger partial charge in [-0.3, -0.25) is 0 Å². The summed E-state index contributed by atoms with van der Waals surface area (Å²) >= 11 is 0. The van der Waals surface area contributed by atoms with Gasteiger partial charge in [-0.15, -0.1) is 0 Å². The molecule has 0 fully saturated rings. The van der Waals surface area contributed by atoms with Gasteiger partial charge in [0.25, 0.3) is 0 Å². The van der Waals surface area contributed by atoms with Crippen LogP contribution in [0.4, 0.5) is 5.69 Å². The Morgan fingerprint density at radius 3 is 3.15 bits per heavy atom. The van der Waals surface area contributed by atoms with Crippen LogP contribution in [0, 0.1) is 0 Å². The van der Waals surface area contributed by atoms with Crippen LogP contribution in [0.2, 0.25) is 0 Å². The smallest absolute Gasteiger partial charge is 0.159 e. The predicted octanol–water partition coefficient (Wildman–Crippen LogP) is 1.42. The van der Waals surface area contributed by atoms with E-state index in [1.54, 1.807) is 18.5 Å². The van der Waals surface area contributed by atoms with Crippen molar-refractivity contribution in [2.45, 2.75) is 19.9 Å². The summed E-state index contributed by atoms with van der Waals surface area (Å²) in [5.74, 6) is 0. The van der Waals surface area contributed by atoms with E-state index in [9.17, 15) is 0 Å². The highest BCUT2D eigenvalue weighted by Crippen LogP contribution is 2.17. The standard InChI is InChI=1S/C9H12N4/c1-2-5-13-9-7(6-12-13)8(10)3-4-11-9/h3-4,6H,2,5H2,1H3,(H2,10,11). The highest BCUT2D eigenvalue weighted by atomic mass is 15.3. The summed E-state index contributed by atoms with van der Waals surface area (Å²) in [5, 5.41) is 5.16. The predicted molar refractivity (Wildman–Crippen MR) is 52.2 cm³/mol. The number of nitrogens with two attached hydrogens (primary N) is 1. The van der Waals surface area contributed by atoms with E-state index in [1.807, 2.05) is 4.68 Å². The van der Waals surface area contributed by atoms with Gasteiger partial charge in [0.1, 0.15) is 0 Å². The average molecular weight is 176 g/mol. The van der Waals surface area contributed by atoms with Gasteiger partial charge in [0.2, 0.25) is 0 Å². The van der Waals surface area contributed by atoms with Crippen molar-refractivity contribution >= 4 is 16.7 Å². The highest BCUT2D eigenvalue weighted by molar-refractivity contribution is 5.86. The molecule has 0 aliphatic heterocycles. The van der Waals surface area contributed by atoms with E-state index >= 15 is 0 Å². The van der Waals surface area contributed by atoms with Crippen molar-refractivity contribution in [3.05, 3.63) is 18.5 Å². The zero-order valence-corrected chi connectivity index (χ0v) is 7.57. The first-order valence-corrected chi connectivity index (χ1v) is 4.39. The maximum absolute atomic E-state index is 5.77. The number of hydrogen-bond donors (Lipinski definition) is 1. The molecule has 0 amide bonds. The number of nitrogen functional groups attached to an aromatic ring is 1. The molecule has 13 heavy (non-hydrogen) atoms. The lowest BCUT2D eigenvalue weighted by atomic mass is 10.3. The maximum atomic E-state index is 5.77. The SMILES string of the molecule is CCCn1ncc2c(N)ccnc21. The van der Waals surface area contributed by atoms with Crippen molar-refractivity contribution in [1.29, 1.82) is 0 Å². The molecule has 0 unspecified atom stereocenters. The Hall–Kier alpha value is -1.58. The van der Waals surface area contributed by atoms with E-state index in [0.717, 1.165) is 29.7 Å². The van der Waals surface area contributed by atoms with Crippen LogP contribution in [-0.4, -0.2) is 14.8 Å². The normalized spacial score (nSPS) is 10.8. The van der Waals surface area contributed by atoms with E-state index < -0.39 is 0 Å². The van der Waals surface area contributed by atoms with Crippen molar-refractivity contribution < 1.29 is 0 Å². The Morgan fingerprint density at radius 1 is 1.54 bits per heavy atom. The Morgan fingerprint density at radius 2 is 2.38 bits per heavy atom. The molecule has 0 radical (unpaired) electrons. The molecule has 68 valence electrons. The molecule has 4 nitrogen and oxygen atoms in total. The van der Waals surface area contributed by atoms with Gasteiger partial charge in [-0.1, -0.05) is 6.92 Å².